The van der Waals surface area contributed by atoms with Crippen LogP contribution in [0.3, 0.4) is 0 Å². The highest BCUT2D eigenvalue weighted by molar-refractivity contribution is 5.77. The SMILES string of the molecule is CCNC(=O)COc1ccc(C)cc1CNC1CC1. The van der Waals surface area contributed by atoms with Crippen LogP contribution in [0.25, 0.3) is 0 Å². The van der Waals surface area contributed by atoms with Gasteiger partial charge in [0.05, 0.1) is 0 Å². The quantitative estimate of drug-likeness (QED) is 0.787. The van der Waals surface area contributed by atoms with Crippen LogP contribution in [0.5, 0.6) is 5.75 Å². The zero-order valence-corrected chi connectivity index (χ0v) is 11.7. The Labute approximate surface area is 114 Å². The summed E-state index contributed by atoms with van der Waals surface area (Å²) in [6.07, 6.45) is 2.53. The minimum absolute atomic E-state index is 0.0767. The van der Waals surface area contributed by atoms with Crippen LogP contribution in [0.15, 0.2) is 18.2 Å². The van der Waals surface area contributed by atoms with Gasteiger partial charge in [-0.2, -0.15) is 0 Å². The van der Waals surface area contributed by atoms with Gasteiger partial charge in [-0.05, 0) is 32.8 Å². The highest BCUT2D eigenvalue weighted by Gasteiger charge is 2.20. The Hall–Kier alpha value is -1.55. The van der Waals surface area contributed by atoms with E-state index in [4.69, 9.17) is 4.74 Å². The van der Waals surface area contributed by atoms with Crippen LogP contribution in [0.1, 0.15) is 30.9 Å². The van der Waals surface area contributed by atoms with Crippen LogP contribution in [0.2, 0.25) is 0 Å². The molecule has 0 heterocycles. The zero-order chi connectivity index (χ0) is 13.7. The molecular weight excluding hydrogens is 240 g/mol. The number of ether oxygens (including phenoxy) is 1. The lowest BCUT2D eigenvalue weighted by Crippen LogP contribution is -2.28. The average Bonchev–Trinajstić information content (AvgIpc) is 3.19. The van der Waals surface area contributed by atoms with E-state index >= 15 is 0 Å². The molecule has 1 saturated carbocycles. The molecule has 0 atom stereocenters. The number of amides is 1. The summed E-state index contributed by atoms with van der Waals surface area (Å²) in [5.74, 6) is 0.717. The van der Waals surface area contributed by atoms with Gasteiger partial charge in [0, 0.05) is 24.7 Å². The molecule has 4 nitrogen and oxygen atoms in total. The van der Waals surface area contributed by atoms with E-state index in [0.29, 0.717) is 12.6 Å². The molecule has 1 aliphatic carbocycles. The molecule has 0 bridgehead atoms. The maximum atomic E-state index is 11.4. The normalized spacial score (nSPS) is 14.2. The highest BCUT2D eigenvalue weighted by atomic mass is 16.5. The molecule has 1 aliphatic rings. The molecule has 0 spiro atoms. The second-order valence-electron chi connectivity index (χ2n) is 5.01. The molecule has 0 aliphatic heterocycles. The van der Waals surface area contributed by atoms with Crippen molar-refractivity contribution in [2.24, 2.45) is 0 Å². The number of carbonyl (C=O) groups is 1. The number of rotatable bonds is 7. The van der Waals surface area contributed by atoms with E-state index < -0.39 is 0 Å². The van der Waals surface area contributed by atoms with Crippen LogP contribution in [0.4, 0.5) is 0 Å². The molecule has 104 valence electrons. The maximum Gasteiger partial charge on any atom is 0.257 e. The van der Waals surface area contributed by atoms with E-state index in [1.165, 1.54) is 18.4 Å². The minimum Gasteiger partial charge on any atom is -0.483 e. The van der Waals surface area contributed by atoms with E-state index in [1.807, 2.05) is 19.1 Å². The van der Waals surface area contributed by atoms with Gasteiger partial charge in [-0.15, -0.1) is 0 Å². The molecule has 19 heavy (non-hydrogen) atoms. The van der Waals surface area contributed by atoms with Gasteiger partial charge in [-0.1, -0.05) is 17.7 Å². The Morgan fingerprint density at radius 1 is 1.42 bits per heavy atom. The lowest BCUT2D eigenvalue weighted by Gasteiger charge is -2.12. The summed E-state index contributed by atoms with van der Waals surface area (Å²) in [6.45, 7) is 5.47. The molecular formula is C15H22N2O2. The van der Waals surface area contributed by atoms with Crippen LogP contribution in [0, 0.1) is 6.92 Å². The standard InChI is InChI=1S/C15H22N2O2/c1-3-16-15(18)10-19-14-7-4-11(2)8-12(14)9-17-13-5-6-13/h4,7-8,13,17H,3,5-6,9-10H2,1-2H3,(H,16,18). The van der Waals surface area contributed by atoms with Crippen molar-refractivity contribution in [1.82, 2.24) is 10.6 Å². The van der Waals surface area contributed by atoms with E-state index in [-0.39, 0.29) is 12.5 Å². The predicted molar refractivity (Wildman–Crippen MR) is 75.2 cm³/mol. The molecule has 0 radical (unpaired) electrons. The molecule has 0 saturated heterocycles. The third kappa shape index (κ3) is 4.56. The first-order valence-corrected chi connectivity index (χ1v) is 6.91. The van der Waals surface area contributed by atoms with Crippen molar-refractivity contribution in [2.75, 3.05) is 13.2 Å². The summed E-state index contributed by atoms with van der Waals surface area (Å²) in [7, 11) is 0. The fourth-order valence-electron chi connectivity index (χ4n) is 1.92. The third-order valence-electron chi connectivity index (χ3n) is 3.11. The van der Waals surface area contributed by atoms with Gasteiger partial charge in [0.25, 0.3) is 5.91 Å². The van der Waals surface area contributed by atoms with Crippen molar-refractivity contribution in [3.8, 4) is 5.75 Å². The van der Waals surface area contributed by atoms with Gasteiger partial charge in [0.2, 0.25) is 0 Å². The topological polar surface area (TPSA) is 50.4 Å². The molecule has 1 aromatic carbocycles. The van der Waals surface area contributed by atoms with Crippen molar-refractivity contribution >= 4 is 5.91 Å². The Morgan fingerprint density at radius 2 is 2.21 bits per heavy atom. The molecule has 4 heteroatoms. The van der Waals surface area contributed by atoms with Crippen LogP contribution in [-0.2, 0) is 11.3 Å². The summed E-state index contributed by atoms with van der Waals surface area (Å²) in [4.78, 5) is 11.4. The maximum absolute atomic E-state index is 11.4. The summed E-state index contributed by atoms with van der Waals surface area (Å²) in [5, 5.41) is 6.20. The first-order chi connectivity index (χ1) is 9.19. The Balaban J connectivity index is 1.94. The lowest BCUT2D eigenvalue weighted by atomic mass is 10.1. The number of carbonyl (C=O) groups excluding carboxylic acids is 1. The largest absolute Gasteiger partial charge is 0.483 e. The number of likely N-dealkylation sites (N-methyl/N-ethyl adjacent to an activating group) is 1. The van der Waals surface area contributed by atoms with E-state index in [9.17, 15) is 4.79 Å². The summed E-state index contributed by atoms with van der Waals surface area (Å²) in [6, 6.07) is 6.73. The van der Waals surface area contributed by atoms with Crippen LogP contribution >= 0.6 is 0 Å². The first-order valence-electron chi connectivity index (χ1n) is 6.91. The number of hydrogen-bond acceptors (Lipinski definition) is 3. The monoisotopic (exact) mass is 262 g/mol. The van der Waals surface area contributed by atoms with Gasteiger partial charge in [-0.25, -0.2) is 0 Å². The van der Waals surface area contributed by atoms with E-state index in [0.717, 1.165) is 17.9 Å². The van der Waals surface area contributed by atoms with Crippen molar-refractivity contribution in [3.63, 3.8) is 0 Å². The van der Waals surface area contributed by atoms with Gasteiger partial charge in [-0.3, -0.25) is 4.79 Å². The van der Waals surface area contributed by atoms with Gasteiger partial charge < -0.3 is 15.4 Å². The second-order valence-corrected chi connectivity index (χ2v) is 5.01. The van der Waals surface area contributed by atoms with E-state index in [2.05, 4.69) is 23.6 Å². The predicted octanol–water partition coefficient (Wildman–Crippen LogP) is 1.76. The number of benzene rings is 1. The summed E-state index contributed by atoms with van der Waals surface area (Å²) < 4.78 is 5.61. The Morgan fingerprint density at radius 3 is 2.89 bits per heavy atom. The van der Waals surface area contributed by atoms with Crippen molar-refractivity contribution < 1.29 is 9.53 Å². The average molecular weight is 262 g/mol. The van der Waals surface area contributed by atoms with Crippen LogP contribution in [-0.4, -0.2) is 25.1 Å². The smallest absolute Gasteiger partial charge is 0.257 e. The fourth-order valence-corrected chi connectivity index (χ4v) is 1.92. The van der Waals surface area contributed by atoms with Crippen LogP contribution < -0.4 is 15.4 Å². The highest BCUT2D eigenvalue weighted by Crippen LogP contribution is 2.23. The molecule has 0 aromatic heterocycles. The zero-order valence-electron chi connectivity index (χ0n) is 11.7. The lowest BCUT2D eigenvalue weighted by molar-refractivity contribution is -0.122. The molecule has 1 aromatic rings. The number of hydrogen-bond donors (Lipinski definition) is 2. The van der Waals surface area contributed by atoms with E-state index in [1.54, 1.807) is 0 Å². The van der Waals surface area contributed by atoms with Gasteiger partial charge in [0.15, 0.2) is 6.61 Å². The Kier molecular flexibility index (Phi) is 4.80. The Bertz CT molecular complexity index is 442. The fraction of sp³-hybridized carbons (Fsp3) is 0.533. The number of aryl methyl sites for hydroxylation is 1. The third-order valence-corrected chi connectivity index (χ3v) is 3.11. The van der Waals surface area contributed by atoms with Crippen molar-refractivity contribution in [3.05, 3.63) is 29.3 Å². The number of nitrogens with one attached hydrogen (secondary N) is 2. The van der Waals surface area contributed by atoms with Gasteiger partial charge in [0.1, 0.15) is 5.75 Å². The molecule has 1 amide bonds. The van der Waals surface area contributed by atoms with Crippen molar-refractivity contribution in [2.45, 2.75) is 39.3 Å². The summed E-state index contributed by atoms with van der Waals surface area (Å²) in [5.41, 5.74) is 2.33. The summed E-state index contributed by atoms with van der Waals surface area (Å²) >= 11 is 0. The molecule has 2 rings (SSSR count). The molecule has 0 unspecified atom stereocenters. The second kappa shape index (κ2) is 6.57. The van der Waals surface area contributed by atoms with Gasteiger partial charge >= 0.3 is 0 Å². The van der Waals surface area contributed by atoms with Crippen molar-refractivity contribution in [1.29, 1.82) is 0 Å². The molecule has 2 N–H and O–H groups in total. The molecule has 1 fully saturated rings. The minimum atomic E-state index is -0.0795. The first kappa shape index (κ1) is 13.9.